The van der Waals surface area contributed by atoms with Gasteiger partial charge in [-0.2, -0.15) is 0 Å². The number of carbonyl (C=O) groups excluding carboxylic acids is 2. The molecular formula is C25H22N4O2S. The average molecular weight is 443 g/mol. The third-order valence-corrected chi connectivity index (χ3v) is 5.75. The van der Waals surface area contributed by atoms with Gasteiger partial charge in [-0.15, -0.1) is 10.2 Å². The first-order valence-electron chi connectivity index (χ1n) is 10.2. The van der Waals surface area contributed by atoms with E-state index in [-0.39, 0.29) is 11.8 Å². The van der Waals surface area contributed by atoms with Crippen LogP contribution in [-0.2, 0) is 11.2 Å². The fourth-order valence-corrected chi connectivity index (χ4v) is 3.99. The molecule has 0 bridgehead atoms. The summed E-state index contributed by atoms with van der Waals surface area (Å²) in [5.74, 6) is -0.649. The number of nitrogens with zero attached hydrogens (tertiary/aromatic N) is 2. The van der Waals surface area contributed by atoms with Gasteiger partial charge in [0.25, 0.3) is 5.91 Å². The van der Waals surface area contributed by atoms with Gasteiger partial charge >= 0.3 is 0 Å². The Labute approximate surface area is 190 Å². The zero-order valence-electron chi connectivity index (χ0n) is 17.5. The molecule has 0 saturated heterocycles. The molecule has 0 aliphatic heterocycles. The predicted molar refractivity (Wildman–Crippen MR) is 127 cm³/mol. The number of rotatable bonds is 7. The van der Waals surface area contributed by atoms with Crippen LogP contribution in [-0.4, -0.2) is 28.1 Å². The van der Waals surface area contributed by atoms with Crippen molar-refractivity contribution in [2.75, 3.05) is 5.32 Å². The minimum Gasteiger partial charge on any atom is -0.340 e. The van der Waals surface area contributed by atoms with Crippen molar-refractivity contribution in [3.63, 3.8) is 0 Å². The lowest BCUT2D eigenvalue weighted by Crippen LogP contribution is -2.45. The molecule has 2 amide bonds. The minimum absolute atomic E-state index is 0.306. The monoisotopic (exact) mass is 442 g/mol. The van der Waals surface area contributed by atoms with Crippen molar-refractivity contribution >= 4 is 28.3 Å². The Morgan fingerprint density at radius 1 is 0.906 bits per heavy atom. The Bertz CT molecular complexity index is 1210. The van der Waals surface area contributed by atoms with E-state index in [0.717, 1.165) is 21.7 Å². The highest BCUT2D eigenvalue weighted by Gasteiger charge is 2.23. The molecule has 1 aromatic heterocycles. The van der Waals surface area contributed by atoms with Crippen molar-refractivity contribution in [2.45, 2.75) is 19.4 Å². The summed E-state index contributed by atoms with van der Waals surface area (Å²) in [6, 6.07) is 25.6. The number of anilines is 1. The number of aryl methyl sites for hydroxylation is 1. The Hall–Kier alpha value is -3.84. The summed E-state index contributed by atoms with van der Waals surface area (Å²) in [6.07, 6.45) is 0.356. The van der Waals surface area contributed by atoms with E-state index in [1.165, 1.54) is 11.3 Å². The zero-order valence-corrected chi connectivity index (χ0v) is 18.3. The van der Waals surface area contributed by atoms with Gasteiger partial charge in [0.05, 0.1) is 0 Å². The molecule has 2 N–H and O–H groups in total. The lowest BCUT2D eigenvalue weighted by molar-refractivity contribution is -0.118. The van der Waals surface area contributed by atoms with Crippen LogP contribution in [0.4, 0.5) is 5.13 Å². The molecule has 1 heterocycles. The molecule has 1 atom stereocenters. The number of hydrogen-bond acceptors (Lipinski definition) is 5. The number of aromatic nitrogens is 2. The molecule has 3 aromatic carbocycles. The van der Waals surface area contributed by atoms with E-state index in [1.807, 2.05) is 67.6 Å². The SMILES string of the molecule is Cc1cccc(-c2nnc(NC(=O)C(Cc3ccccc3)NC(=O)c3ccccc3)s2)c1. The second-order valence-electron chi connectivity index (χ2n) is 7.35. The smallest absolute Gasteiger partial charge is 0.251 e. The van der Waals surface area contributed by atoms with Gasteiger partial charge in [-0.1, -0.05) is 83.6 Å². The van der Waals surface area contributed by atoms with Crippen LogP contribution in [0.2, 0.25) is 0 Å². The average Bonchev–Trinajstić information content (AvgIpc) is 3.28. The number of hydrogen-bond donors (Lipinski definition) is 2. The van der Waals surface area contributed by atoms with E-state index in [9.17, 15) is 9.59 Å². The second kappa shape index (κ2) is 9.98. The Morgan fingerprint density at radius 3 is 2.34 bits per heavy atom. The van der Waals surface area contributed by atoms with Gasteiger partial charge in [-0.05, 0) is 30.7 Å². The van der Waals surface area contributed by atoms with Crippen LogP contribution in [0.25, 0.3) is 10.6 Å². The van der Waals surface area contributed by atoms with E-state index >= 15 is 0 Å². The van der Waals surface area contributed by atoms with Gasteiger partial charge in [0, 0.05) is 17.5 Å². The van der Waals surface area contributed by atoms with Crippen molar-refractivity contribution in [1.29, 1.82) is 0 Å². The number of amides is 2. The summed E-state index contributed by atoms with van der Waals surface area (Å²) in [5.41, 5.74) is 3.51. The van der Waals surface area contributed by atoms with E-state index < -0.39 is 6.04 Å². The summed E-state index contributed by atoms with van der Waals surface area (Å²) in [5, 5.41) is 15.1. The number of carbonyl (C=O) groups is 2. The number of benzene rings is 3. The quantitative estimate of drug-likeness (QED) is 0.442. The third kappa shape index (κ3) is 5.44. The Balaban J connectivity index is 1.51. The van der Waals surface area contributed by atoms with Crippen LogP contribution in [0.15, 0.2) is 84.9 Å². The molecule has 7 heteroatoms. The van der Waals surface area contributed by atoms with Crippen molar-refractivity contribution in [2.24, 2.45) is 0 Å². The fraction of sp³-hybridized carbons (Fsp3) is 0.120. The normalized spacial score (nSPS) is 11.5. The number of nitrogens with one attached hydrogen (secondary N) is 2. The maximum atomic E-state index is 13.1. The van der Waals surface area contributed by atoms with E-state index in [2.05, 4.69) is 20.8 Å². The third-order valence-electron chi connectivity index (χ3n) is 4.86. The first kappa shape index (κ1) is 21.4. The van der Waals surface area contributed by atoms with Gasteiger partial charge in [-0.25, -0.2) is 0 Å². The van der Waals surface area contributed by atoms with Gasteiger partial charge < -0.3 is 5.32 Å². The lowest BCUT2D eigenvalue weighted by Gasteiger charge is -2.18. The lowest BCUT2D eigenvalue weighted by atomic mass is 10.0. The topological polar surface area (TPSA) is 84.0 Å². The molecular weight excluding hydrogens is 420 g/mol. The first-order chi connectivity index (χ1) is 15.6. The van der Waals surface area contributed by atoms with Crippen LogP contribution >= 0.6 is 11.3 Å². The fourth-order valence-electron chi connectivity index (χ4n) is 3.25. The predicted octanol–water partition coefficient (Wildman–Crippen LogP) is 4.49. The Kier molecular flexibility index (Phi) is 6.67. The molecule has 1 unspecified atom stereocenters. The van der Waals surface area contributed by atoms with Crippen LogP contribution in [0.1, 0.15) is 21.5 Å². The maximum absolute atomic E-state index is 13.1. The molecule has 0 aliphatic carbocycles. The highest BCUT2D eigenvalue weighted by molar-refractivity contribution is 7.18. The van der Waals surface area contributed by atoms with Gasteiger partial charge in [-0.3, -0.25) is 14.9 Å². The summed E-state index contributed by atoms with van der Waals surface area (Å²) >= 11 is 1.30. The van der Waals surface area contributed by atoms with E-state index in [1.54, 1.807) is 24.3 Å². The molecule has 0 aliphatic rings. The molecule has 0 saturated carbocycles. The maximum Gasteiger partial charge on any atom is 0.251 e. The Morgan fingerprint density at radius 2 is 1.62 bits per heavy atom. The van der Waals surface area contributed by atoms with Crippen LogP contribution < -0.4 is 10.6 Å². The van der Waals surface area contributed by atoms with E-state index in [0.29, 0.717) is 17.1 Å². The van der Waals surface area contributed by atoms with Crippen LogP contribution in [0.5, 0.6) is 0 Å². The molecule has 0 spiro atoms. The molecule has 4 aromatic rings. The van der Waals surface area contributed by atoms with Crippen molar-refractivity contribution in [3.05, 3.63) is 102 Å². The zero-order chi connectivity index (χ0) is 22.3. The highest BCUT2D eigenvalue weighted by Crippen LogP contribution is 2.27. The van der Waals surface area contributed by atoms with Crippen LogP contribution in [0.3, 0.4) is 0 Å². The molecule has 6 nitrogen and oxygen atoms in total. The summed E-state index contributed by atoms with van der Waals surface area (Å²) in [4.78, 5) is 25.8. The van der Waals surface area contributed by atoms with Crippen LogP contribution in [0, 0.1) is 6.92 Å². The molecule has 0 radical (unpaired) electrons. The van der Waals surface area contributed by atoms with Crippen molar-refractivity contribution in [3.8, 4) is 10.6 Å². The largest absolute Gasteiger partial charge is 0.340 e. The minimum atomic E-state index is -0.767. The summed E-state index contributed by atoms with van der Waals surface area (Å²) < 4.78 is 0. The standard InChI is InChI=1S/C25H22N4O2S/c1-17-9-8-14-20(15-17)24-28-29-25(32-24)27-23(31)21(16-18-10-4-2-5-11-18)26-22(30)19-12-6-3-7-13-19/h2-15,21H,16H2,1H3,(H,26,30)(H,27,29,31). The first-order valence-corrected chi connectivity index (χ1v) is 11.0. The molecule has 0 fully saturated rings. The van der Waals surface area contributed by atoms with Crippen molar-refractivity contribution in [1.82, 2.24) is 15.5 Å². The van der Waals surface area contributed by atoms with Crippen molar-refractivity contribution < 1.29 is 9.59 Å². The van der Waals surface area contributed by atoms with Gasteiger partial charge in [0.1, 0.15) is 11.0 Å². The summed E-state index contributed by atoms with van der Waals surface area (Å²) in [6.45, 7) is 2.01. The highest BCUT2D eigenvalue weighted by atomic mass is 32.1. The molecule has 4 rings (SSSR count). The van der Waals surface area contributed by atoms with E-state index in [4.69, 9.17) is 0 Å². The second-order valence-corrected chi connectivity index (χ2v) is 8.33. The van der Waals surface area contributed by atoms with Gasteiger partial charge in [0.2, 0.25) is 11.0 Å². The summed E-state index contributed by atoms with van der Waals surface area (Å²) in [7, 11) is 0. The van der Waals surface area contributed by atoms with Gasteiger partial charge in [0.15, 0.2) is 0 Å². The molecule has 160 valence electrons. The molecule has 32 heavy (non-hydrogen) atoms.